The first-order valence-corrected chi connectivity index (χ1v) is 11.1. The molecule has 0 aliphatic heterocycles. The van der Waals surface area contributed by atoms with Gasteiger partial charge in [-0.25, -0.2) is 4.79 Å². The molecule has 1 aromatic heterocycles. The van der Waals surface area contributed by atoms with E-state index in [0.29, 0.717) is 12.6 Å². The summed E-state index contributed by atoms with van der Waals surface area (Å²) in [6.07, 6.45) is 0.773. The number of carbonyl (C=O) groups is 1. The zero-order valence-corrected chi connectivity index (χ0v) is 20.2. The van der Waals surface area contributed by atoms with Crippen molar-refractivity contribution in [1.82, 2.24) is 10.3 Å². The number of pyridine rings is 1. The van der Waals surface area contributed by atoms with Crippen LogP contribution in [0.1, 0.15) is 52.5 Å². The molecule has 1 aliphatic rings. The number of hydrogen-bond donors (Lipinski definition) is 5. The first kappa shape index (κ1) is 27.8. The van der Waals surface area contributed by atoms with Crippen molar-refractivity contribution in [2.45, 2.75) is 64.8 Å². The summed E-state index contributed by atoms with van der Waals surface area (Å²) in [7, 11) is 0. The number of halogens is 2. The molecule has 3 rings (SSSR count). The number of benzene rings is 1. The molecule has 0 atom stereocenters. The van der Waals surface area contributed by atoms with E-state index >= 15 is 0 Å². The van der Waals surface area contributed by atoms with Crippen LogP contribution in [0.15, 0.2) is 41.3 Å². The Kier molecular flexibility index (Phi) is 9.35. The van der Waals surface area contributed by atoms with E-state index in [1.165, 1.54) is 42.9 Å². The van der Waals surface area contributed by atoms with E-state index < -0.39 is 23.2 Å². The van der Waals surface area contributed by atoms with Crippen LogP contribution in [0.3, 0.4) is 0 Å². The van der Waals surface area contributed by atoms with Crippen molar-refractivity contribution in [3.05, 3.63) is 52.3 Å². The van der Waals surface area contributed by atoms with Gasteiger partial charge < -0.3 is 35.6 Å². The van der Waals surface area contributed by atoms with Gasteiger partial charge in [-0.3, -0.25) is 4.79 Å². The third-order valence-electron chi connectivity index (χ3n) is 4.56. The van der Waals surface area contributed by atoms with Gasteiger partial charge in [0, 0.05) is 24.9 Å². The van der Waals surface area contributed by atoms with Crippen LogP contribution in [0.5, 0.6) is 5.75 Å². The molecule has 35 heavy (non-hydrogen) atoms. The highest BCUT2D eigenvalue weighted by Gasteiger charge is 2.23. The molecular formula is C24H32F2N4O5. The first-order chi connectivity index (χ1) is 16.2. The van der Waals surface area contributed by atoms with Gasteiger partial charge in [-0.15, -0.1) is 0 Å². The van der Waals surface area contributed by atoms with Gasteiger partial charge in [0.1, 0.15) is 17.2 Å². The van der Waals surface area contributed by atoms with Crippen molar-refractivity contribution in [2.75, 3.05) is 11.9 Å². The van der Waals surface area contributed by atoms with Crippen LogP contribution in [0.2, 0.25) is 0 Å². The fraction of sp³-hybridized carbons (Fsp3) is 0.458. The topological polar surface area (TPSA) is 137 Å². The standard InChI is InChI=1S/C20H24F2N4O4.C4H8O/c1-19(2,3)30-18(28)25-11-14(23)16-15(27)9-10-24-17(16)26-12-5-7-13(8-6-12)29-20(4,21)22;5-4-2-1-3-4/h5-10,23H,11H2,1-4H3,(H,25,28)(H2,24,26,27);4-5H,1-3H2. The maximum atomic E-state index is 12.9. The zero-order valence-electron chi connectivity index (χ0n) is 20.2. The third-order valence-corrected chi connectivity index (χ3v) is 4.56. The number of amides is 1. The number of aromatic amines is 1. The number of aliphatic hydroxyl groups is 1. The number of hydrogen-bond acceptors (Lipinski definition) is 7. The van der Waals surface area contributed by atoms with Gasteiger partial charge in [0.15, 0.2) is 5.43 Å². The molecule has 5 N–H and O–H groups in total. The fourth-order valence-electron chi connectivity index (χ4n) is 2.78. The lowest BCUT2D eigenvalue weighted by atomic mass is 9.97. The number of carbonyl (C=O) groups excluding carboxylic acids is 1. The summed E-state index contributed by atoms with van der Waals surface area (Å²) < 4.78 is 35.4. The second-order valence-corrected chi connectivity index (χ2v) is 9.07. The molecule has 1 saturated carbocycles. The van der Waals surface area contributed by atoms with Crippen LogP contribution in [-0.4, -0.2) is 46.3 Å². The Labute approximate surface area is 202 Å². The second-order valence-electron chi connectivity index (χ2n) is 9.07. The van der Waals surface area contributed by atoms with Crippen LogP contribution in [0, 0.1) is 5.41 Å². The van der Waals surface area contributed by atoms with E-state index in [4.69, 9.17) is 15.3 Å². The van der Waals surface area contributed by atoms with Gasteiger partial charge in [-0.05, 0) is 64.3 Å². The number of alkyl halides is 2. The Morgan fingerprint density at radius 1 is 1.17 bits per heavy atom. The van der Waals surface area contributed by atoms with Gasteiger partial charge in [-0.2, -0.15) is 8.78 Å². The Morgan fingerprint density at radius 3 is 2.26 bits per heavy atom. The summed E-state index contributed by atoms with van der Waals surface area (Å²) in [5.74, 6) is 0.192. The Hall–Kier alpha value is -3.47. The molecule has 1 aliphatic carbocycles. The number of rotatable bonds is 7. The average molecular weight is 495 g/mol. The highest BCUT2D eigenvalue weighted by Crippen LogP contribution is 2.24. The van der Waals surface area contributed by atoms with E-state index in [1.54, 1.807) is 20.8 Å². The Bertz CT molecular complexity index is 1060. The van der Waals surface area contributed by atoms with Crippen molar-refractivity contribution in [1.29, 1.82) is 5.41 Å². The molecule has 0 unspecified atom stereocenters. The highest BCUT2D eigenvalue weighted by atomic mass is 19.3. The molecule has 0 radical (unpaired) electrons. The SMILES string of the molecule is CC(C)(C)OC(=O)NCC(=N)c1c(Nc2ccc(OC(C)(F)F)cc2)[nH]ccc1=O.OC1CCC1. The van der Waals surface area contributed by atoms with Gasteiger partial charge in [-0.1, -0.05) is 0 Å². The Morgan fingerprint density at radius 2 is 1.77 bits per heavy atom. The molecule has 1 fully saturated rings. The minimum absolute atomic E-state index is 0.0222. The number of H-pyrrole nitrogens is 1. The number of anilines is 2. The highest BCUT2D eigenvalue weighted by molar-refractivity contribution is 6.04. The molecular weight excluding hydrogens is 462 g/mol. The minimum atomic E-state index is -3.30. The monoisotopic (exact) mass is 494 g/mol. The van der Waals surface area contributed by atoms with E-state index in [2.05, 4.69) is 20.4 Å². The zero-order chi connectivity index (χ0) is 26.2. The normalized spacial score (nSPS) is 13.6. The van der Waals surface area contributed by atoms with Crippen molar-refractivity contribution >= 4 is 23.3 Å². The molecule has 9 nitrogen and oxygen atoms in total. The number of aliphatic hydroxyl groups excluding tert-OH is 1. The van der Waals surface area contributed by atoms with Crippen molar-refractivity contribution in [3.63, 3.8) is 0 Å². The molecule has 0 spiro atoms. The van der Waals surface area contributed by atoms with Crippen LogP contribution in [0.25, 0.3) is 0 Å². The summed E-state index contributed by atoms with van der Waals surface area (Å²) in [5, 5.41) is 22.0. The van der Waals surface area contributed by atoms with Gasteiger partial charge in [0.05, 0.1) is 23.9 Å². The summed E-state index contributed by atoms with van der Waals surface area (Å²) in [6.45, 7) is 5.53. The molecule has 0 saturated heterocycles. The summed E-state index contributed by atoms with van der Waals surface area (Å²) in [5.41, 5.74) is -0.777. The second kappa shape index (κ2) is 11.8. The van der Waals surface area contributed by atoms with E-state index in [-0.39, 0.29) is 35.5 Å². The summed E-state index contributed by atoms with van der Waals surface area (Å²) >= 11 is 0. The molecule has 1 heterocycles. The van der Waals surface area contributed by atoms with Crippen molar-refractivity contribution < 1.29 is 28.2 Å². The molecule has 192 valence electrons. The quantitative estimate of drug-likeness (QED) is 0.359. The lowest BCUT2D eigenvalue weighted by Crippen LogP contribution is -2.36. The van der Waals surface area contributed by atoms with Crippen molar-refractivity contribution in [3.8, 4) is 5.75 Å². The summed E-state index contributed by atoms with van der Waals surface area (Å²) in [4.78, 5) is 26.9. The number of aromatic nitrogens is 1. The van der Waals surface area contributed by atoms with Crippen molar-refractivity contribution in [2.24, 2.45) is 0 Å². The van der Waals surface area contributed by atoms with Gasteiger partial charge >= 0.3 is 12.2 Å². The van der Waals surface area contributed by atoms with Gasteiger partial charge in [0.25, 0.3) is 0 Å². The summed E-state index contributed by atoms with van der Waals surface area (Å²) in [6, 6.07) is 6.91. The number of alkyl carbamates (subject to hydrolysis) is 1. The van der Waals surface area contributed by atoms with E-state index in [1.807, 2.05) is 0 Å². The number of ether oxygens (including phenoxy) is 2. The molecule has 1 amide bonds. The lowest BCUT2D eigenvalue weighted by molar-refractivity contribution is -0.158. The molecule has 2 aromatic rings. The van der Waals surface area contributed by atoms with E-state index in [9.17, 15) is 18.4 Å². The van der Waals surface area contributed by atoms with Crippen LogP contribution < -0.4 is 20.8 Å². The fourth-order valence-corrected chi connectivity index (χ4v) is 2.78. The third kappa shape index (κ3) is 10.1. The van der Waals surface area contributed by atoms with Crippen LogP contribution in [-0.2, 0) is 4.74 Å². The molecule has 11 heteroatoms. The minimum Gasteiger partial charge on any atom is -0.444 e. The lowest BCUT2D eigenvalue weighted by Gasteiger charge is -2.20. The Balaban J connectivity index is 0.000000764. The maximum Gasteiger partial charge on any atom is 0.407 e. The number of nitrogens with one attached hydrogen (secondary N) is 4. The molecule has 0 bridgehead atoms. The average Bonchev–Trinajstić information content (AvgIpc) is 2.70. The first-order valence-electron chi connectivity index (χ1n) is 11.1. The van der Waals surface area contributed by atoms with Gasteiger partial charge in [0.2, 0.25) is 0 Å². The van der Waals surface area contributed by atoms with E-state index in [0.717, 1.165) is 12.8 Å². The van der Waals surface area contributed by atoms with Crippen LogP contribution in [0.4, 0.5) is 25.1 Å². The predicted octanol–water partition coefficient (Wildman–Crippen LogP) is 4.53. The predicted molar refractivity (Wildman–Crippen MR) is 129 cm³/mol. The van der Waals surface area contributed by atoms with Crippen LogP contribution >= 0.6 is 0 Å². The molecule has 1 aromatic carbocycles. The largest absolute Gasteiger partial charge is 0.444 e. The smallest absolute Gasteiger partial charge is 0.407 e. The maximum absolute atomic E-state index is 12.9.